The average Bonchev–Trinajstić information content (AvgIpc) is 2.81. The number of aryl methyl sites for hydroxylation is 2. The molecule has 0 radical (unpaired) electrons. The van der Waals surface area contributed by atoms with Gasteiger partial charge in [-0.25, -0.2) is 9.97 Å². The predicted molar refractivity (Wildman–Crippen MR) is 84.2 cm³/mol. The molecule has 4 nitrogen and oxygen atoms in total. The maximum Gasteiger partial charge on any atom is 0.164 e. The second kappa shape index (κ2) is 5.30. The van der Waals surface area contributed by atoms with Crippen LogP contribution in [0.4, 0.5) is 0 Å². The lowest BCUT2D eigenvalue weighted by molar-refractivity contribution is 0.756. The quantitative estimate of drug-likeness (QED) is 0.676. The summed E-state index contributed by atoms with van der Waals surface area (Å²) in [4.78, 5) is 9.10. The molecule has 5 heteroatoms. The number of benzene rings is 1. The largest absolute Gasteiger partial charge is 0.275 e. The fourth-order valence-corrected chi connectivity index (χ4v) is 2.48. The van der Waals surface area contributed by atoms with Crippen molar-refractivity contribution in [3.8, 4) is 22.6 Å². The van der Waals surface area contributed by atoms with Gasteiger partial charge < -0.3 is 0 Å². The first-order valence-corrected chi connectivity index (χ1v) is 7.04. The molecule has 3 rings (SSSR count). The summed E-state index contributed by atoms with van der Waals surface area (Å²) in [6, 6.07) is 9.99. The number of hydrogen-bond acceptors (Lipinski definition) is 3. The lowest BCUT2D eigenvalue weighted by atomic mass is 10.1. The van der Waals surface area contributed by atoms with Gasteiger partial charge in [0.1, 0.15) is 5.15 Å². The molecule has 0 aliphatic heterocycles. The molecule has 0 aliphatic carbocycles. The van der Waals surface area contributed by atoms with Crippen LogP contribution >= 0.6 is 11.6 Å². The standard InChI is InChI=1S/C16H15ClN4/c1-10-14(12-7-5-4-6-8-12)18-16(19-15(10)17)13-9-21(3)20-11(13)2/h4-9H,1-3H3. The Morgan fingerprint density at radius 2 is 1.76 bits per heavy atom. The van der Waals surface area contributed by atoms with Crippen molar-refractivity contribution in [3.63, 3.8) is 0 Å². The van der Waals surface area contributed by atoms with Crippen molar-refractivity contribution in [3.05, 3.63) is 52.9 Å². The van der Waals surface area contributed by atoms with Gasteiger partial charge in [0, 0.05) is 24.4 Å². The lowest BCUT2D eigenvalue weighted by Crippen LogP contribution is -1.97. The molecule has 106 valence electrons. The highest BCUT2D eigenvalue weighted by Crippen LogP contribution is 2.29. The zero-order valence-corrected chi connectivity index (χ0v) is 12.9. The van der Waals surface area contributed by atoms with Crippen LogP contribution in [0.3, 0.4) is 0 Å². The third-order valence-electron chi connectivity index (χ3n) is 3.39. The van der Waals surface area contributed by atoms with Gasteiger partial charge >= 0.3 is 0 Å². The molecule has 0 saturated carbocycles. The normalized spacial score (nSPS) is 10.9. The monoisotopic (exact) mass is 298 g/mol. The van der Waals surface area contributed by atoms with Crippen LogP contribution in [0.25, 0.3) is 22.6 Å². The van der Waals surface area contributed by atoms with E-state index in [0.29, 0.717) is 11.0 Å². The Hall–Kier alpha value is -2.20. The minimum Gasteiger partial charge on any atom is -0.275 e. The predicted octanol–water partition coefficient (Wildman–Crippen LogP) is 3.81. The number of halogens is 1. The Labute approximate surface area is 128 Å². The molecule has 2 aromatic heterocycles. The summed E-state index contributed by atoms with van der Waals surface area (Å²) < 4.78 is 1.75. The number of rotatable bonds is 2. The van der Waals surface area contributed by atoms with Gasteiger partial charge in [0.2, 0.25) is 0 Å². The molecule has 0 bridgehead atoms. The SMILES string of the molecule is Cc1nn(C)cc1-c1nc(Cl)c(C)c(-c2ccccc2)n1. The Kier molecular flexibility index (Phi) is 3.47. The van der Waals surface area contributed by atoms with E-state index < -0.39 is 0 Å². The van der Waals surface area contributed by atoms with Crippen LogP contribution in [-0.4, -0.2) is 19.7 Å². The second-order valence-electron chi connectivity index (χ2n) is 4.98. The van der Waals surface area contributed by atoms with Gasteiger partial charge in [0.05, 0.1) is 17.0 Å². The van der Waals surface area contributed by atoms with E-state index >= 15 is 0 Å². The van der Waals surface area contributed by atoms with Crippen molar-refractivity contribution in [2.75, 3.05) is 0 Å². The molecule has 21 heavy (non-hydrogen) atoms. The summed E-state index contributed by atoms with van der Waals surface area (Å²) in [7, 11) is 1.88. The first-order chi connectivity index (χ1) is 10.1. The first-order valence-electron chi connectivity index (χ1n) is 6.66. The molecular formula is C16H15ClN4. The Bertz CT molecular complexity index is 794. The van der Waals surface area contributed by atoms with Gasteiger partial charge in [-0.05, 0) is 13.8 Å². The maximum absolute atomic E-state index is 6.30. The van der Waals surface area contributed by atoms with E-state index in [9.17, 15) is 0 Å². The van der Waals surface area contributed by atoms with Crippen LogP contribution in [0.2, 0.25) is 5.15 Å². The molecular weight excluding hydrogens is 284 g/mol. The summed E-state index contributed by atoms with van der Waals surface area (Å²) >= 11 is 6.30. The van der Waals surface area contributed by atoms with Gasteiger partial charge in [-0.3, -0.25) is 4.68 Å². The Morgan fingerprint density at radius 3 is 2.38 bits per heavy atom. The van der Waals surface area contributed by atoms with Crippen molar-refractivity contribution in [1.29, 1.82) is 0 Å². The van der Waals surface area contributed by atoms with Gasteiger partial charge in [0.25, 0.3) is 0 Å². The molecule has 2 heterocycles. The van der Waals surface area contributed by atoms with E-state index in [4.69, 9.17) is 16.6 Å². The first kappa shape index (κ1) is 13.8. The third kappa shape index (κ3) is 2.54. The highest BCUT2D eigenvalue weighted by atomic mass is 35.5. The van der Waals surface area contributed by atoms with Crippen molar-refractivity contribution in [2.45, 2.75) is 13.8 Å². The zero-order chi connectivity index (χ0) is 15.0. The fourth-order valence-electron chi connectivity index (χ4n) is 2.31. The van der Waals surface area contributed by atoms with Gasteiger partial charge in [0.15, 0.2) is 5.82 Å². The summed E-state index contributed by atoms with van der Waals surface area (Å²) in [6.07, 6.45) is 1.91. The molecule has 1 aromatic carbocycles. The molecule has 3 aromatic rings. The molecule has 0 unspecified atom stereocenters. The summed E-state index contributed by atoms with van der Waals surface area (Å²) in [5, 5.41) is 4.81. The molecule has 0 atom stereocenters. The van der Waals surface area contributed by atoms with E-state index in [1.165, 1.54) is 0 Å². The average molecular weight is 299 g/mol. The zero-order valence-electron chi connectivity index (χ0n) is 12.1. The summed E-state index contributed by atoms with van der Waals surface area (Å²) in [5.74, 6) is 0.607. The molecule has 0 aliphatic rings. The third-order valence-corrected chi connectivity index (χ3v) is 3.76. The molecule has 0 spiro atoms. The molecule has 0 amide bonds. The highest BCUT2D eigenvalue weighted by Gasteiger charge is 2.15. The highest BCUT2D eigenvalue weighted by molar-refractivity contribution is 6.30. The van der Waals surface area contributed by atoms with Gasteiger partial charge in [-0.2, -0.15) is 5.10 Å². The molecule has 0 fully saturated rings. The molecule has 0 saturated heterocycles. The number of hydrogen-bond donors (Lipinski definition) is 0. The van der Waals surface area contributed by atoms with Crippen molar-refractivity contribution in [1.82, 2.24) is 19.7 Å². The Balaban J connectivity index is 2.21. The minimum absolute atomic E-state index is 0.474. The lowest BCUT2D eigenvalue weighted by Gasteiger charge is -2.09. The van der Waals surface area contributed by atoms with Gasteiger partial charge in [-0.1, -0.05) is 41.9 Å². The van der Waals surface area contributed by atoms with E-state index in [0.717, 1.165) is 28.1 Å². The maximum atomic E-state index is 6.30. The van der Waals surface area contributed by atoms with Crippen LogP contribution in [0.5, 0.6) is 0 Å². The molecule has 0 N–H and O–H groups in total. The van der Waals surface area contributed by atoms with E-state index in [-0.39, 0.29) is 0 Å². The van der Waals surface area contributed by atoms with E-state index in [1.807, 2.05) is 57.4 Å². The summed E-state index contributed by atoms with van der Waals surface area (Å²) in [6.45, 7) is 3.87. The van der Waals surface area contributed by atoms with Crippen LogP contribution < -0.4 is 0 Å². The van der Waals surface area contributed by atoms with E-state index in [1.54, 1.807) is 4.68 Å². The van der Waals surface area contributed by atoms with E-state index in [2.05, 4.69) is 10.1 Å². The number of nitrogens with zero attached hydrogens (tertiary/aromatic N) is 4. The fraction of sp³-hybridized carbons (Fsp3) is 0.188. The van der Waals surface area contributed by atoms with Crippen LogP contribution in [0, 0.1) is 13.8 Å². The van der Waals surface area contributed by atoms with Crippen LogP contribution in [0.1, 0.15) is 11.3 Å². The van der Waals surface area contributed by atoms with Crippen LogP contribution in [0.15, 0.2) is 36.5 Å². The minimum atomic E-state index is 0.474. The van der Waals surface area contributed by atoms with Crippen molar-refractivity contribution in [2.24, 2.45) is 7.05 Å². The summed E-state index contributed by atoms with van der Waals surface area (Å²) in [5.41, 5.74) is 4.55. The van der Waals surface area contributed by atoms with Crippen molar-refractivity contribution < 1.29 is 0 Å². The van der Waals surface area contributed by atoms with Crippen LogP contribution in [-0.2, 0) is 7.05 Å². The number of aromatic nitrogens is 4. The smallest absolute Gasteiger partial charge is 0.164 e. The topological polar surface area (TPSA) is 43.6 Å². The Morgan fingerprint density at radius 1 is 1.05 bits per heavy atom. The van der Waals surface area contributed by atoms with Crippen molar-refractivity contribution >= 4 is 11.6 Å². The van der Waals surface area contributed by atoms with Gasteiger partial charge in [-0.15, -0.1) is 0 Å². The second-order valence-corrected chi connectivity index (χ2v) is 5.34.